The molecule has 168 valence electrons. The van der Waals surface area contributed by atoms with Gasteiger partial charge < -0.3 is 5.32 Å². The molecule has 5 aromatic rings. The molecule has 0 bridgehead atoms. The van der Waals surface area contributed by atoms with E-state index in [1.807, 2.05) is 44.2 Å². The lowest BCUT2D eigenvalue weighted by Crippen LogP contribution is -2.14. The molecule has 5 rings (SSSR count). The van der Waals surface area contributed by atoms with Crippen LogP contribution in [0.3, 0.4) is 0 Å². The molecule has 34 heavy (non-hydrogen) atoms. The molecule has 0 spiro atoms. The Hall–Kier alpha value is -4.03. The number of benzene rings is 3. The number of aromatic nitrogens is 3. The van der Waals surface area contributed by atoms with Crippen molar-refractivity contribution in [1.29, 1.82) is 0 Å². The maximum Gasteiger partial charge on any atom is 0.256 e. The predicted molar refractivity (Wildman–Crippen MR) is 133 cm³/mol. The molecule has 1 amide bonds. The Labute approximate surface area is 200 Å². The second kappa shape index (κ2) is 8.72. The van der Waals surface area contributed by atoms with Crippen molar-refractivity contribution < 1.29 is 9.18 Å². The van der Waals surface area contributed by atoms with Crippen molar-refractivity contribution in [2.45, 2.75) is 13.8 Å². The van der Waals surface area contributed by atoms with E-state index in [4.69, 9.17) is 16.6 Å². The Morgan fingerprint density at radius 1 is 1.00 bits per heavy atom. The van der Waals surface area contributed by atoms with E-state index in [0.717, 1.165) is 27.9 Å². The Bertz CT molecular complexity index is 1540. The second-order valence-electron chi connectivity index (χ2n) is 8.02. The molecule has 0 aliphatic rings. The van der Waals surface area contributed by atoms with Crippen molar-refractivity contribution >= 4 is 34.1 Å². The number of amides is 1. The number of fused-ring (bicyclic) bond motifs is 1. The lowest BCUT2D eigenvalue weighted by molar-refractivity contribution is 0.102. The number of nitrogens with one attached hydrogen (secondary N) is 1. The topological polar surface area (TPSA) is 59.8 Å². The molecule has 5 nitrogen and oxygen atoms in total. The number of para-hydroxylation sites is 1. The van der Waals surface area contributed by atoms with Gasteiger partial charge in [-0.3, -0.25) is 4.79 Å². The predicted octanol–water partition coefficient (Wildman–Crippen LogP) is 6.75. The molecule has 0 fully saturated rings. The van der Waals surface area contributed by atoms with Crippen LogP contribution in [0, 0.1) is 19.7 Å². The minimum absolute atomic E-state index is 0.256. The maximum absolute atomic E-state index is 13.4. The fraction of sp³-hybridized carbons (Fsp3) is 0.0741. The lowest BCUT2D eigenvalue weighted by Gasteiger charge is -2.12. The van der Waals surface area contributed by atoms with Crippen molar-refractivity contribution in [2.75, 3.05) is 5.32 Å². The fourth-order valence-electron chi connectivity index (χ4n) is 3.92. The van der Waals surface area contributed by atoms with Crippen LogP contribution in [-0.2, 0) is 0 Å². The summed E-state index contributed by atoms with van der Waals surface area (Å²) in [6.45, 7) is 3.83. The lowest BCUT2D eigenvalue weighted by atomic mass is 10.0. The molecule has 7 heteroatoms. The summed E-state index contributed by atoms with van der Waals surface area (Å²) in [7, 11) is 0. The van der Waals surface area contributed by atoms with E-state index in [0.29, 0.717) is 27.5 Å². The highest BCUT2D eigenvalue weighted by Gasteiger charge is 2.18. The first-order valence-electron chi connectivity index (χ1n) is 10.7. The molecule has 0 radical (unpaired) electrons. The molecule has 0 unspecified atom stereocenters. The SMILES string of the molecule is Cc1ccc(Cl)cc1NC(=O)c1cc(-c2cnn(-c3ccc(F)cc3)c2C)nc2ccccc12. The van der Waals surface area contributed by atoms with Crippen molar-refractivity contribution in [3.05, 3.63) is 107 Å². The van der Waals surface area contributed by atoms with E-state index in [9.17, 15) is 9.18 Å². The number of nitrogens with zero attached hydrogens (tertiary/aromatic N) is 3. The molecule has 0 aliphatic heterocycles. The van der Waals surface area contributed by atoms with Crippen LogP contribution in [-0.4, -0.2) is 20.7 Å². The summed E-state index contributed by atoms with van der Waals surface area (Å²) in [4.78, 5) is 18.2. The van der Waals surface area contributed by atoms with Crippen molar-refractivity contribution in [3.8, 4) is 16.9 Å². The molecule has 0 aliphatic carbocycles. The van der Waals surface area contributed by atoms with Crippen LogP contribution < -0.4 is 5.32 Å². The van der Waals surface area contributed by atoms with Gasteiger partial charge in [-0.25, -0.2) is 14.1 Å². The maximum atomic E-state index is 13.4. The summed E-state index contributed by atoms with van der Waals surface area (Å²) < 4.78 is 15.1. The smallest absolute Gasteiger partial charge is 0.256 e. The van der Waals surface area contributed by atoms with Crippen molar-refractivity contribution in [3.63, 3.8) is 0 Å². The Morgan fingerprint density at radius 3 is 2.56 bits per heavy atom. The van der Waals surface area contributed by atoms with Crippen LogP contribution in [0.4, 0.5) is 10.1 Å². The van der Waals surface area contributed by atoms with E-state index >= 15 is 0 Å². The van der Waals surface area contributed by atoms with E-state index in [1.54, 1.807) is 41.2 Å². The number of hydrogen-bond acceptors (Lipinski definition) is 3. The van der Waals surface area contributed by atoms with Gasteiger partial charge in [-0.05, 0) is 67.9 Å². The number of pyridine rings is 1. The van der Waals surface area contributed by atoms with Crippen LogP contribution in [0.25, 0.3) is 27.8 Å². The van der Waals surface area contributed by atoms with E-state index in [2.05, 4.69) is 10.4 Å². The van der Waals surface area contributed by atoms with Gasteiger partial charge in [0.25, 0.3) is 5.91 Å². The number of carbonyl (C=O) groups is 1. The van der Waals surface area contributed by atoms with Gasteiger partial charge in [-0.2, -0.15) is 5.10 Å². The molecular formula is C27H20ClFN4O. The van der Waals surface area contributed by atoms with Gasteiger partial charge in [0.15, 0.2) is 0 Å². The highest BCUT2D eigenvalue weighted by atomic mass is 35.5. The van der Waals surface area contributed by atoms with Gasteiger partial charge in [0.2, 0.25) is 0 Å². The fourth-order valence-corrected chi connectivity index (χ4v) is 4.10. The van der Waals surface area contributed by atoms with Gasteiger partial charge in [-0.15, -0.1) is 0 Å². The van der Waals surface area contributed by atoms with Gasteiger partial charge in [0.1, 0.15) is 5.82 Å². The Morgan fingerprint density at radius 2 is 1.76 bits per heavy atom. The summed E-state index contributed by atoms with van der Waals surface area (Å²) in [5.74, 6) is -0.565. The normalized spacial score (nSPS) is 11.1. The minimum Gasteiger partial charge on any atom is -0.322 e. The first-order valence-corrected chi connectivity index (χ1v) is 11.1. The highest BCUT2D eigenvalue weighted by molar-refractivity contribution is 6.31. The molecule has 0 atom stereocenters. The number of aryl methyl sites for hydroxylation is 1. The zero-order valence-electron chi connectivity index (χ0n) is 18.5. The van der Waals surface area contributed by atoms with E-state index in [-0.39, 0.29) is 11.7 Å². The summed E-state index contributed by atoms with van der Waals surface area (Å²) in [6, 6.07) is 20.8. The third-order valence-corrected chi connectivity index (χ3v) is 6.00. The number of carbonyl (C=O) groups excluding carboxylic acids is 1. The van der Waals surface area contributed by atoms with Crippen LogP contribution in [0.2, 0.25) is 5.02 Å². The summed E-state index contributed by atoms with van der Waals surface area (Å²) in [5, 5.41) is 8.75. The zero-order chi connectivity index (χ0) is 23.8. The van der Waals surface area contributed by atoms with Gasteiger partial charge in [-0.1, -0.05) is 35.9 Å². The third kappa shape index (κ3) is 4.04. The molecule has 0 saturated carbocycles. The van der Waals surface area contributed by atoms with Crippen LogP contribution in [0.5, 0.6) is 0 Å². The highest BCUT2D eigenvalue weighted by Crippen LogP contribution is 2.29. The molecule has 2 heterocycles. The molecule has 0 saturated heterocycles. The number of anilines is 1. The number of rotatable bonds is 4. The van der Waals surface area contributed by atoms with Crippen LogP contribution in [0.15, 0.2) is 79.0 Å². The first kappa shape index (κ1) is 21.8. The van der Waals surface area contributed by atoms with Gasteiger partial charge in [0.05, 0.1) is 34.4 Å². The van der Waals surface area contributed by atoms with E-state index in [1.165, 1.54) is 12.1 Å². The minimum atomic E-state index is -0.310. The quantitative estimate of drug-likeness (QED) is 0.316. The molecule has 1 N–H and O–H groups in total. The largest absolute Gasteiger partial charge is 0.322 e. The molecule has 3 aromatic carbocycles. The Balaban J connectivity index is 1.60. The second-order valence-corrected chi connectivity index (χ2v) is 8.45. The number of halogens is 2. The van der Waals surface area contributed by atoms with Gasteiger partial charge in [0, 0.05) is 21.7 Å². The van der Waals surface area contributed by atoms with E-state index < -0.39 is 0 Å². The van der Waals surface area contributed by atoms with Crippen LogP contribution >= 0.6 is 11.6 Å². The zero-order valence-corrected chi connectivity index (χ0v) is 19.3. The molecular weight excluding hydrogens is 451 g/mol. The molecule has 2 aromatic heterocycles. The standard InChI is InChI=1S/C27H20ClFN4O/c1-16-7-8-18(28)13-25(16)32-27(34)22-14-26(31-24-6-4-3-5-21(22)24)23-15-30-33(17(23)2)20-11-9-19(29)10-12-20/h3-15H,1-2H3,(H,32,34). The number of hydrogen-bond donors (Lipinski definition) is 1. The van der Waals surface area contributed by atoms with Crippen LogP contribution in [0.1, 0.15) is 21.6 Å². The third-order valence-electron chi connectivity index (χ3n) is 5.77. The van der Waals surface area contributed by atoms with Crippen molar-refractivity contribution in [2.24, 2.45) is 0 Å². The van der Waals surface area contributed by atoms with Gasteiger partial charge >= 0.3 is 0 Å². The average molecular weight is 471 g/mol. The summed E-state index contributed by atoms with van der Waals surface area (Å²) in [6.07, 6.45) is 1.71. The Kier molecular flexibility index (Phi) is 5.59. The van der Waals surface area contributed by atoms with Crippen molar-refractivity contribution in [1.82, 2.24) is 14.8 Å². The summed E-state index contributed by atoms with van der Waals surface area (Å²) in [5.41, 5.74) is 5.72. The average Bonchev–Trinajstić information content (AvgIpc) is 3.22. The monoisotopic (exact) mass is 470 g/mol. The first-order chi connectivity index (χ1) is 16.4. The summed E-state index contributed by atoms with van der Waals surface area (Å²) >= 11 is 6.13.